The minimum Gasteiger partial charge on any atom is -0.503 e. The van der Waals surface area contributed by atoms with E-state index in [2.05, 4.69) is 24.3 Å². The first-order valence-corrected chi connectivity index (χ1v) is 5.24. The van der Waals surface area contributed by atoms with Crippen LogP contribution in [0.1, 0.15) is 5.56 Å². The summed E-state index contributed by atoms with van der Waals surface area (Å²) < 4.78 is 1.93. The van der Waals surface area contributed by atoms with E-state index < -0.39 is 0 Å². The molecule has 0 radical (unpaired) electrons. The van der Waals surface area contributed by atoms with Gasteiger partial charge in [0, 0.05) is 6.07 Å². The second kappa shape index (κ2) is 5.12. The highest BCUT2D eigenvalue weighted by atomic mass is 16.3. The summed E-state index contributed by atoms with van der Waals surface area (Å²) in [6, 6.07) is 13.6. The van der Waals surface area contributed by atoms with Gasteiger partial charge in [-0.05, 0) is 17.7 Å². The van der Waals surface area contributed by atoms with Crippen LogP contribution in [0.3, 0.4) is 0 Å². The smallest absolute Gasteiger partial charge is 0.211 e. The van der Waals surface area contributed by atoms with E-state index in [1.54, 1.807) is 12.3 Å². The molecular formula is C14H14NO+. The SMILES string of the molecule is Oc1ccc[n+](C/C=C/c2ccccc2)c1. The summed E-state index contributed by atoms with van der Waals surface area (Å²) in [5.41, 5.74) is 1.18. The maximum atomic E-state index is 9.28. The van der Waals surface area contributed by atoms with Crippen molar-refractivity contribution in [2.45, 2.75) is 6.54 Å². The molecule has 1 aromatic carbocycles. The Balaban J connectivity index is 2.00. The molecule has 0 atom stereocenters. The van der Waals surface area contributed by atoms with Crippen LogP contribution in [-0.4, -0.2) is 5.11 Å². The summed E-state index contributed by atoms with van der Waals surface area (Å²) in [7, 11) is 0. The van der Waals surface area contributed by atoms with Crippen LogP contribution in [0.2, 0.25) is 0 Å². The van der Waals surface area contributed by atoms with Crippen molar-refractivity contribution in [1.82, 2.24) is 0 Å². The van der Waals surface area contributed by atoms with Crippen molar-refractivity contribution in [3.05, 3.63) is 66.5 Å². The molecule has 1 N–H and O–H groups in total. The molecule has 0 saturated carbocycles. The van der Waals surface area contributed by atoms with Gasteiger partial charge in [0.25, 0.3) is 0 Å². The van der Waals surface area contributed by atoms with Crippen LogP contribution in [0.15, 0.2) is 60.9 Å². The zero-order valence-corrected chi connectivity index (χ0v) is 8.95. The summed E-state index contributed by atoms with van der Waals surface area (Å²) in [6.45, 7) is 0.753. The van der Waals surface area contributed by atoms with Crippen LogP contribution < -0.4 is 4.57 Å². The van der Waals surface area contributed by atoms with E-state index in [0.717, 1.165) is 6.54 Å². The second-order valence-electron chi connectivity index (χ2n) is 3.57. The normalized spacial score (nSPS) is 10.8. The molecule has 1 heterocycles. The molecule has 2 rings (SSSR count). The van der Waals surface area contributed by atoms with Gasteiger partial charge >= 0.3 is 0 Å². The van der Waals surface area contributed by atoms with Gasteiger partial charge in [0.15, 0.2) is 18.5 Å². The Kier molecular flexibility index (Phi) is 3.34. The molecule has 0 amide bonds. The summed E-state index contributed by atoms with van der Waals surface area (Å²) >= 11 is 0. The third-order valence-corrected chi connectivity index (χ3v) is 2.27. The maximum Gasteiger partial charge on any atom is 0.211 e. The lowest BCUT2D eigenvalue weighted by Gasteiger charge is -1.93. The van der Waals surface area contributed by atoms with Gasteiger partial charge in [-0.1, -0.05) is 36.4 Å². The van der Waals surface area contributed by atoms with Crippen molar-refractivity contribution < 1.29 is 9.67 Å². The summed E-state index contributed by atoms with van der Waals surface area (Å²) in [4.78, 5) is 0. The molecule has 0 unspecified atom stereocenters. The minimum absolute atomic E-state index is 0.288. The first kappa shape index (κ1) is 10.4. The van der Waals surface area contributed by atoms with Crippen molar-refractivity contribution in [2.75, 3.05) is 0 Å². The lowest BCUT2D eigenvalue weighted by atomic mass is 10.2. The third-order valence-electron chi connectivity index (χ3n) is 2.27. The second-order valence-corrected chi connectivity index (χ2v) is 3.57. The molecule has 0 bridgehead atoms. The summed E-state index contributed by atoms with van der Waals surface area (Å²) in [5.74, 6) is 0.288. The first-order chi connectivity index (χ1) is 7.84. The van der Waals surface area contributed by atoms with Crippen LogP contribution in [0.4, 0.5) is 0 Å². The van der Waals surface area contributed by atoms with E-state index in [1.807, 2.05) is 35.0 Å². The van der Waals surface area contributed by atoms with Crippen molar-refractivity contribution in [3.8, 4) is 5.75 Å². The molecular weight excluding hydrogens is 198 g/mol. The third kappa shape index (κ3) is 2.95. The Hall–Kier alpha value is -2.09. The summed E-state index contributed by atoms with van der Waals surface area (Å²) in [6.07, 6.45) is 7.76. The number of rotatable bonds is 3. The number of nitrogens with zero attached hydrogens (tertiary/aromatic N) is 1. The van der Waals surface area contributed by atoms with Gasteiger partial charge in [-0.25, -0.2) is 0 Å². The van der Waals surface area contributed by atoms with Crippen LogP contribution in [0, 0.1) is 0 Å². The predicted octanol–water partition coefficient (Wildman–Crippen LogP) is 2.39. The van der Waals surface area contributed by atoms with Gasteiger partial charge in [0.1, 0.15) is 0 Å². The molecule has 80 valence electrons. The van der Waals surface area contributed by atoms with Crippen LogP contribution in [0.25, 0.3) is 6.08 Å². The topological polar surface area (TPSA) is 24.1 Å². The lowest BCUT2D eigenvalue weighted by Crippen LogP contribution is -2.31. The fourth-order valence-corrected chi connectivity index (χ4v) is 1.50. The van der Waals surface area contributed by atoms with E-state index in [1.165, 1.54) is 5.56 Å². The molecule has 0 aliphatic carbocycles. The Morgan fingerprint density at radius 2 is 1.88 bits per heavy atom. The number of aromatic nitrogens is 1. The first-order valence-electron chi connectivity index (χ1n) is 5.24. The summed E-state index contributed by atoms with van der Waals surface area (Å²) in [5, 5.41) is 9.28. The highest BCUT2D eigenvalue weighted by molar-refractivity contribution is 5.48. The van der Waals surface area contributed by atoms with E-state index in [0.29, 0.717) is 0 Å². The molecule has 0 aliphatic heterocycles. The minimum atomic E-state index is 0.288. The molecule has 16 heavy (non-hydrogen) atoms. The van der Waals surface area contributed by atoms with Crippen molar-refractivity contribution in [3.63, 3.8) is 0 Å². The molecule has 1 aromatic heterocycles. The van der Waals surface area contributed by atoms with Gasteiger partial charge in [0.2, 0.25) is 6.20 Å². The Morgan fingerprint density at radius 3 is 2.62 bits per heavy atom. The predicted molar refractivity (Wildman–Crippen MR) is 63.8 cm³/mol. The average molecular weight is 212 g/mol. The van der Waals surface area contributed by atoms with E-state index in [9.17, 15) is 5.11 Å². The van der Waals surface area contributed by atoms with Crippen LogP contribution in [-0.2, 0) is 6.54 Å². The monoisotopic (exact) mass is 212 g/mol. The largest absolute Gasteiger partial charge is 0.503 e. The average Bonchev–Trinajstić information content (AvgIpc) is 2.30. The quantitative estimate of drug-likeness (QED) is 0.776. The standard InChI is InChI=1S/C14H13NO/c16-14-9-5-11-15(12-14)10-4-8-13-6-2-1-3-7-13/h1-9,11-12H,10H2/p+1/b8-4+. The molecule has 2 heteroatoms. The van der Waals surface area contributed by atoms with E-state index >= 15 is 0 Å². The fraction of sp³-hybridized carbons (Fsp3) is 0.0714. The number of pyridine rings is 1. The number of benzene rings is 1. The molecule has 0 saturated heterocycles. The van der Waals surface area contributed by atoms with Crippen LogP contribution in [0.5, 0.6) is 5.75 Å². The van der Waals surface area contributed by atoms with Crippen molar-refractivity contribution >= 4 is 6.08 Å². The van der Waals surface area contributed by atoms with Crippen molar-refractivity contribution in [1.29, 1.82) is 0 Å². The molecule has 2 aromatic rings. The Morgan fingerprint density at radius 1 is 1.06 bits per heavy atom. The van der Waals surface area contributed by atoms with Gasteiger partial charge in [-0.2, -0.15) is 4.57 Å². The lowest BCUT2D eigenvalue weighted by molar-refractivity contribution is -0.687. The molecule has 2 nitrogen and oxygen atoms in total. The molecule has 0 spiro atoms. The van der Waals surface area contributed by atoms with Gasteiger partial charge in [-0.15, -0.1) is 0 Å². The van der Waals surface area contributed by atoms with Gasteiger partial charge in [0.05, 0.1) is 0 Å². The number of allylic oxidation sites excluding steroid dienone is 1. The fourth-order valence-electron chi connectivity index (χ4n) is 1.50. The van der Waals surface area contributed by atoms with Gasteiger partial charge in [-0.3, -0.25) is 0 Å². The zero-order valence-electron chi connectivity index (χ0n) is 8.95. The van der Waals surface area contributed by atoms with Gasteiger partial charge < -0.3 is 5.11 Å². The number of aromatic hydroxyl groups is 1. The maximum absolute atomic E-state index is 9.28. The zero-order chi connectivity index (χ0) is 11.2. The number of hydrogen-bond donors (Lipinski definition) is 1. The van der Waals surface area contributed by atoms with Crippen molar-refractivity contribution in [2.24, 2.45) is 0 Å². The number of hydrogen-bond acceptors (Lipinski definition) is 1. The van der Waals surface area contributed by atoms with E-state index in [4.69, 9.17) is 0 Å². The Bertz CT molecular complexity index is 477. The molecule has 0 fully saturated rings. The highest BCUT2D eigenvalue weighted by Gasteiger charge is 1.97. The van der Waals surface area contributed by atoms with Crippen LogP contribution >= 0.6 is 0 Å². The Labute approximate surface area is 95.1 Å². The molecule has 0 aliphatic rings. The highest BCUT2D eigenvalue weighted by Crippen LogP contribution is 2.02. The van der Waals surface area contributed by atoms with E-state index in [-0.39, 0.29) is 5.75 Å².